The highest BCUT2D eigenvalue weighted by atomic mass is 35.5. The number of allylic oxidation sites excluding steroid dienone is 1. The number of ketones is 1. The van der Waals surface area contributed by atoms with Crippen molar-refractivity contribution in [1.82, 2.24) is 4.90 Å². The van der Waals surface area contributed by atoms with E-state index >= 15 is 0 Å². The second kappa shape index (κ2) is 6.32. The third-order valence-electron chi connectivity index (χ3n) is 3.62. The summed E-state index contributed by atoms with van der Waals surface area (Å²) in [5.41, 5.74) is 2.28. The van der Waals surface area contributed by atoms with E-state index < -0.39 is 0 Å². The molecule has 1 aliphatic rings. The monoisotopic (exact) mass is 315 g/mol. The molecule has 0 fully saturated rings. The normalized spacial score (nSPS) is 14.9. The van der Waals surface area contributed by atoms with Crippen LogP contribution in [0, 0.1) is 5.82 Å². The average molecular weight is 316 g/mol. The fourth-order valence-electron chi connectivity index (χ4n) is 2.62. The third-order valence-corrected chi connectivity index (χ3v) is 3.88. The van der Waals surface area contributed by atoms with Crippen molar-refractivity contribution >= 4 is 23.0 Å². The molecule has 1 heterocycles. The number of rotatable bonds is 3. The van der Waals surface area contributed by atoms with Gasteiger partial charge in [-0.05, 0) is 29.3 Å². The lowest BCUT2D eigenvalue weighted by molar-refractivity contribution is -0.119. The van der Waals surface area contributed by atoms with Crippen molar-refractivity contribution < 1.29 is 9.18 Å². The summed E-state index contributed by atoms with van der Waals surface area (Å²) < 4.78 is 13.9. The molecule has 0 aromatic heterocycles. The zero-order valence-corrected chi connectivity index (χ0v) is 12.7. The lowest BCUT2D eigenvalue weighted by Crippen LogP contribution is -2.29. The van der Waals surface area contributed by atoms with E-state index in [1.54, 1.807) is 18.2 Å². The van der Waals surface area contributed by atoms with Crippen LogP contribution < -0.4 is 0 Å². The maximum Gasteiger partial charge on any atom is 0.156 e. The Kier molecular flexibility index (Phi) is 4.25. The van der Waals surface area contributed by atoms with Crippen LogP contribution in [0.25, 0.3) is 5.57 Å². The molecule has 0 spiro atoms. The van der Waals surface area contributed by atoms with Crippen LogP contribution in [0.3, 0.4) is 0 Å². The molecule has 22 heavy (non-hydrogen) atoms. The smallest absolute Gasteiger partial charge is 0.156 e. The lowest BCUT2D eigenvalue weighted by Gasteiger charge is -2.26. The Labute approximate surface area is 133 Å². The van der Waals surface area contributed by atoms with Crippen molar-refractivity contribution in [2.45, 2.75) is 13.0 Å². The number of nitrogens with zero attached hydrogens (tertiary/aromatic N) is 1. The van der Waals surface area contributed by atoms with E-state index in [2.05, 4.69) is 0 Å². The Bertz CT molecular complexity index is 724. The zero-order chi connectivity index (χ0) is 15.5. The predicted molar refractivity (Wildman–Crippen MR) is 85.9 cm³/mol. The number of hydrogen-bond acceptors (Lipinski definition) is 2. The van der Waals surface area contributed by atoms with Crippen LogP contribution in [-0.2, 0) is 11.3 Å². The molecule has 4 heteroatoms. The Morgan fingerprint density at radius 1 is 1.09 bits per heavy atom. The summed E-state index contributed by atoms with van der Waals surface area (Å²) >= 11 is 5.88. The molecule has 1 aliphatic heterocycles. The number of carbonyl (C=O) groups excluding carboxylic acids is 1. The van der Waals surface area contributed by atoms with Crippen molar-refractivity contribution in [3.63, 3.8) is 0 Å². The van der Waals surface area contributed by atoms with E-state index in [4.69, 9.17) is 11.6 Å². The molecular weight excluding hydrogens is 301 g/mol. The summed E-state index contributed by atoms with van der Waals surface area (Å²) in [5.74, 6) is -0.204. The molecule has 2 aromatic rings. The summed E-state index contributed by atoms with van der Waals surface area (Å²) in [4.78, 5) is 13.9. The Balaban J connectivity index is 1.85. The van der Waals surface area contributed by atoms with Gasteiger partial charge in [0.1, 0.15) is 5.82 Å². The topological polar surface area (TPSA) is 20.3 Å². The Morgan fingerprint density at radius 2 is 1.82 bits per heavy atom. The molecule has 0 saturated heterocycles. The maximum atomic E-state index is 13.9. The highest BCUT2D eigenvalue weighted by Crippen LogP contribution is 2.26. The van der Waals surface area contributed by atoms with E-state index in [0.717, 1.165) is 11.1 Å². The first-order valence-electron chi connectivity index (χ1n) is 7.07. The van der Waals surface area contributed by atoms with Crippen molar-refractivity contribution in [3.05, 3.63) is 76.7 Å². The van der Waals surface area contributed by atoms with Gasteiger partial charge < -0.3 is 4.90 Å². The molecule has 0 amide bonds. The average Bonchev–Trinajstić information content (AvgIpc) is 2.49. The fourth-order valence-corrected chi connectivity index (χ4v) is 2.74. The minimum atomic E-state index is -0.296. The number of carbonyl (C=O) groups is 1. The second-order valence-corrected chi connectivity index (χ2v) is 5.82. The molecular formula is C18H15ClFNO. The van der Waals surface area contributed by atoms with Gasteiger partial charge in [-0.1, -0.05) is 41.9 Å². The number of Topliss-reactive ketones (excluding diaryl/α,β-unsaturated/α-hetero) is 1. The largest absolute Gasteiger partial charge is 0.366 e. The summed E-state index contributed by atoms with van der Waals surface area (Å²) in [6, 6.07) is 14.1. The van der Waals surface area contributed by atoms with Crippen LogP contribution in [0.4, 0.5) is 4.39 Å². The predicted octanol–water partition coefficient (Wildman–Crippen LogP) is 4.30. The standard InChI is InChI=1S/C18H15ClFNO/c19-15-7-5-13(6-8-15)10-21-11-14(9-16(22)12-21)17-3-1-2-4-18(17)20/h1-8,11H,9-10,12H2. The molecule has 0 N–H and O–H groups in total. The molecule has 2 nitrogen and oxygen atoms in total. The van der Waals surface area contributed by atoms with Crippen molar-refractivity contribution in [2.24, 2.45) is 0 Å². The van der Waals surface area contributed by atoms with E-state index in [1.165, 1.54) is 6.07 Å². The SMILES string of the molecule is O=C1CC(c2ccccc2F)=CN(Cc2ccc(Cl)cc2)C1. The van der Waals surface area contributed by atoms with Gasteiger partial charge in [-0.25, -0.2) is 4.39 Å². The van der Waals surface area contributed by atoms with Crippen LogP contribution in [0.15, 0.2) is 54.7 Å². The number of hydrogen-bond donors (Lipinski definition) is 0. The molecule has 112 valence electrons. The van der Waals surface area contributed by atoms with Gasteiger partial charge in [-0.2, -0.15) is 0 Å². The van der Waals surface area contributed by atoms with Gasteiger partial charge in [-0.3, -0.25) is 4.79 Å². The van der Waals surface area contributed by atoms with E-state index in [0.29, 0.717) is 23.7 Å². The highest BCUT2D eigenvalue weighted by molar-refractivity contribution is 6.30. The molecule has 3 rings (SSSR count). The molecule has 2 aromatic carbocycles. The van der Waals surface area contributed by atoms with Gasteiger partial charge >= 0.3 is 0 Å². The Morgan fingerprint density at radius 3 is 2.55 bits per heavy atom. The zero-order valence-electron chi connectivity index (χ0n) is 11.9. The van der Waals surface area contributed by atoms with Crippen LogP contribution >= 0.6 is 11.6 Å². The highest BCUT2D eigenvalue weighted by Gasteiger charge is 2.20. The lowest BCUT2D eigenvalue weighted by atomic mass is 9.98. The van der Waals surface area contributed by atoms with Gasteiger partial charge in [0.25, 0.3) is 0 Å². The number of benzene rings is 2. The molecule has 0 atom stereocenters. The van der Waals surface area contributed by atoms with Crippen molar-refractivity contribution in [2.75, 3.05) is 6.54 Å². The van der Waals surface area contributed by atoms with E-state index in [1.807, 2.05) is 35.4 Å². The minimum Gasteiger partial charge on any atom is -0.366 e. The van der Waals surface area contributed by atoms with Crippen molar-refractivity contribution in [3.8, 4) is 0 Å². The summed E-state index contributed by atoms with van der Waals surface area (Å²) in [5, 5.41) is 0.682. The Hall–Kier alpha value is -2.13. The molecule has 0 aliphatic carbocycles. The molecule has 0 radical (unpaired) electrons. The van der Waals surface area contributed by atoms with E-state index in [-0.39, 0.29) is 18.0 Å². The second-order valence-electron chi connectivity index (χ2n) is 5.38. The van der Waals surface area contributed by atoms with Gasteiger partial charge in [0, 0.05) is 29.8 Å². The van der Waals surface area contributed by atoms with Gasteiger partial charge in [0.15, 0.2) is 5.78 Å². The third kappa shape index (κ3) is 3.37. The molecule has 0 saturated carbocycles. The minimum absolute atomic E-state index is 0.0923. The molecule has 0 bridgehead atoms. The van der Waals surface area contributed by atoms with Gasteiger partial charge in [0.05, 0.1) is 6.54 Å². The van der Waals surface area contributed by atoms with Crippen LogP contribution in [0.1, 0.15) is 17.5 Å². The summed E-state index contributed by atoms with van der Waals surface area (Å²) in [6.45, 7) is 0.946. The van der Waals surface area contributed by atoms with Crippen LogP contribution in [-0.4, -0.2) is 17.2 Å². The first-order chi connectivity index (χ1) is 10.6. The van der Waals surface area contributed by atoms with Gasteiger partial charge in [0.2, 0.25) is 0 Å². The van der Waals surface area contributed by atoms with Crippen LogP contribution in [0.5, 0.6) is 0 Å². The quantitative estimate of drug-likeness (QED) is 0.842. The number of halogens is 2. The van der Waals surface area contributed by atoms with Crippen LogP contribution in [0.2, 0.25) is 5.02 Å². The summed E-state index contributed by atoms with van der Waals surface area (Å²) in [6.07, 6.45) is 2.16. The first-order valence-corrected chi connectivity index (χ1v) is 7.45. The van der Waals surface area contributed by atoms with Gasteiger partial charge in [-0.15, -0.1) is 0 Å². The van der Waals surface area contributed by atoms with E-state index in [9.17, 15) is 9.18 Å². The maximum absolute atomic E-state index is 13.9. The van der Waals surface area contributed by atoms with Crippen molar-refractivity contribution in [1.29, 1.82) is 0 Å². The fraction of sp³-hybridized carbons (Fsp3) is 0.167. The molecule has 0 unspecified atom stereocenters. The first kappa shape index (κ1) is 14.8. The summed E-state index contributed by atoms with van der Waals surface area (Å²) in [7, 11) is 0.